The molecule has 0 spiro atoms. The molecule has 0 amide bonds. The van der Waals surface area contributed by atoms with Crippen LogP contribution in [0.15, 0.2) is 53.7 Å². The van der Waals surface area contributed by atoms with Gasteiger partial charge in [0.2, 0.25) is 0 Å². The number of nitrogens with zero attached hydrogens (tertiary/aromatic N) is 4. The molecule has 32 heavy (non-hydrogen) atoms. The maximum Gasteiger partial charge on any atom is 0.197 e. The van der Waals surface area contributed by atoms with E-state index in [0.717, 1.165) is 50.8 Å². The van der Waals surface area contributed by atoms with Crippen molar-refractivity contribution in [2.45, 2.75) is 36.6 Å². The SMILES string of the molecule is Fc1cccc(CSc2nnc3c4c5c(sc4nc(-c4ccccc4Cl)n23)CCCC5)c1. The van der Waals surface area contributed by atoms with Gasteiger partial charge in [-0.15, -0.1) is 21.5 Å². The van der Waals surface area contributed by atoms with Crippen molar-refractivity contribution in [1.29, 1.82) is 0 Å². The molecule has 0 atom stereocenters. The normalized spacial score (nSPS) is 13.7. The van der Waals surface area contributed by atoms with Gasteiger partial charge in [-0.1, -0.05) is 47.6 Å². The quantitative estimate of drug-likeness (QED) is 0.260. The van der Waals surface area contributed by atoms with Gasteiger partial charge in [0, 0.05) is 16.2 Å². The Labute approximate surface area is 197 Å². The molecule has 4 nitrogen and oxygen atoms in total. The Kier molecular flexibility index (Phi) is 5.12. The molecule has 2 aromatic carbocycles. The topological polar surface area (TPSA) is 43.1 Å². The molecule has 5 aromatic rings. The summed E-state index contributed by atoms with van der Waals surface area (Å²) in [6.45, 7) is 0. The first-order valence-electron chi connectivity index (χ1n) is 10.5. The Balaban J connectivity index is 1.56. The van der Waals surface area contributed by atoms with Gasteiger partial charge in [0.1, 0.15) is 10.6 Å². The van der Waals surface area contributed by atoms with Crippen LogP contribution in [0.2, 0.25) is 5.02 Å². The first-order chi connectivity index (χ1) is 15.7. The number of thiophene rings is 1. The van der Waals surface area contributed by atoms with Gasteiger partial charge in [-0.05, 0) is 61.1 Å². The van der Waals surface area contributed by atoms with Gasteiger partial charge in [-0.25, -0.2) is 9.37 Å². The molecule has 0 aliphatic heterocycles. The van der Waals surface area contributed by atoms with Crippen LogP contribution >= 0.6 is 34.7 Å². The van der Waals surface area contributed by atoms with Crippen LogP contribution < -0.4 is 0 Å². The van der Waals surface area contributed by atoms with Crippen LogP contribution in [0.1, 0.15) is 28.8 Å². The summed E-state index contributed by atoms with van der Waals surface area (Å²) in [5, 5.41) is 11.6. The maximum absolute atomic E-state index is 13.6. The zero-order valence-electron chi connectivity index (χ0n) is 17.0. The van der Waals surface area contributed by atoms with Crippen molar-refractivity contribution in [2.24, 2.45) is 0 Å². The zero-order valence-corrected chi connectivity index (χ0v) is 19.4. The molecule has 0 N–H and O–H groups in total. The molecule has 1 aliphatic rings. The van der Waals surface area contributed by atoms with Gasteiger partial charge in [0.25, 0.3) is 0 Å². The minimum absolute atomic E-state index is 0.237. The molecule has 0 saturated carbocycles. The minimum Gasteiger partial charge on any atom is -0.253 e. The molecular formula is C24H18ClFN4S2. The molecule has 8 heteroatoms. The number of fused-ring (bicyclic) bond motifs is 5. The molecular weight excluding hydrogens is 463 g/mol. The Morgan fingerprint density at radius 3 is 2.81 bits per heavy atom. The van der Waals surface area contributed by atoms with Crippen LogP contribution in [0.25, 0.3) is 27.3 Å². The van der Waals surface area contributed by atoms with Gasteiger partial charge in [-0.2, -0.15) is 0 Å². The van der Waals surface area contributed by atoms with Crippen LogP contribution in [0, 0.1) is 5.82 Å². The summed E-state index contributed by atoms with van der Waals surface area (Å²) in [6, 6.07) is 14.4. The Hall–Kier alpha value is -2.48. The highest BCUT2D eigenvalue weighted by Crippen LogP contribution is 2.40. The van der Waals surface area contributed by atoms with Crippen molar-refractivity contribution < 1.29 is 4.39 Å². The van der Waals surface area contributed by atoms with Crippen molar-refractivity contribution in [3.8, 4) is 11.4 Å². The third-order valence-electron chi connectivity index (χ3n) is 5.80. The number of halogens is 2. The number of aromatic nitrogens is 4. The molecule has 0 bridgehead atoms. The lowest BCUT2D eigenvalue weighted by atomic mass is 9.97. The molecule has 0 saturated heterocycles. The second kappa shape index (κ2) is 8.14. The molecule has 0 unspecified atom stereocenters. The van der Waals surface area contributed by atoms with E-state index in [4.69, 9.17) is 16.6 Å². The van der Waals surface area contributed by atoms with E-state index in [1.807, 2.05) is 34.7 Å². The summed E-state index contributed by atoms with van der Waals surface area (Å²) >= 11 is 9.87. The van der Waals surface area contributed by atoms with E-state index in [1.165, 1.54) is 41.1 Å². The Morgan fingerprint density at radius 2 is 1.94 bits per heavy atom. The van der Waals surface area contributed by atoms with Gasteiger partial charge < -0.3 is 0 Å². The van der Waals surface area contributed by atoms with E-state index >= 15 is 0 Å². The number of hydrogen-bond donors (Lipinski definition) is 0. The Bertz CT molecular complexity index is 1480. The van der Waals surface area contributed by atoms with Gasteiger partial charge in [-0.3, -0.25) is 4.40 Å². The van der Waals surface area contributed by atoms with E-state index in [-0.39, 0.29) is 5.82 Å². The summed E-state index contributed by atoms with van der Waals surface area (Å²) in [6.07, 6.45) is 4.55. The predicted molar refractivity (Wildman–Crippen MR) is 129 cm³/mol. The van der Waals surface area contributed by atoms with Crippen LogP contribution in [0.5, 0.6) is 0 Å². The highest BCUT2D eigenvalue weighted by Gasteiger charge is 2.24. The molecule has 6 rings (SSSR count). The third kappa shape index (κ3) is 3.39. The number of rotatable bonds is 4. The fraction of sp³-hybridized carbons (Fsp3) is 0.208. The maximum atomic E-state index is 13.6. The summed E-state index contributed by atoms with van der Waals surface area (Å²) in [7, 11) is 0. The van der Waals surface area contributed by atoms with Crippen molar-refractivity contribution in [3.05, 3.63) is 75.4 Å². The first-order valence-corrected chi connectivity index (χ1v) is 12.7. The van der Waals surface area contributed by atoms with Crippen molar-refractivity contribution in [2.75, 3.05) is 0 Å². The van der Waals surface area contributed by atoms with Crippen LogP contribution in [0.3, 0.4) is 0 Å². The highest BCUT2D eigenvalue weighted by molar-refractivity contribution is 7.98. The lowest BCUT2D eigenvalue weighted by molar-refractivity contribution is 0.626. The van der Waals surface area contributed by atoms with Crippen molar-refractivity contribution in [3.63, 3.8) is 0 Å². The van der Waals surface area contributed by atoms with Gasteiger partial charge in [0.15, 0.2) is 16.6 Å². The number of benzene rings is 2. The lowest BCUT2D eigenvalue weighted by Gasteiger charge is -2.12. The molecule has 0 fully saturated rings. The summed E-state index contributed by atoms with van der Waals surface area (Å²) in [5.41, 5.74) is 3.94. The fourth-order valence-corrected chi connectivity index (χ4v) is 6.67. The highest BCUT2D eigenvalue weighted by atomic mass is 35.5. The molecule has 160 valence electrons. The summed E-state index contributed by atoms with van der Waals surface area (Å²) in [5.74, 6) is 1.09. The number of aryl methyl sites for hydroxylation is 2. The summed E-state index contributed by atoms with van der Waals surface area (Å²) in [4.78, 5) is 7.49. The number of hydrogen-bond acceptors (Lipinski definition) is 5. The van der Waals surface area contributed by atoms with Crippen molar-refractivity contribution in [1.82, 2.24) is 19.6 Å². The monoisotopic (exact) mass is 480 g/mol. The average molecular weight is 481 g/mol. The van der Waals surface area contributed by atoms with Crippen LogP contribution in [-0.2, 0) is 18.6 Å². The largest absolute Gasteiger partial charge is 0.253 e. The fourth-order valence-electron chi connectivity index (χ4n) is 4.32. The third-order valence-corrected chi connectivity index (χ3v) is 8.32. The smallest absolute Gasteiger partial charge is 0.197 e. The zero-order chi connectivity index (χ0) is 21.7. The lowest BCUT2D eigenvalue weighted by Crippen LogP contribution is -2.01. The van der Waals surface area contributed by atoms with E-state index in [9.17, 15) is 4.39 Å². The standard InChI is InChI=1S/C24H18ClFN4S2/c25-18-10-3-1-8-16(18)21-27-23-20(17-9-2-4-11-19(17)32-23)22-28-29-24(30(21)22)31-13-14-6-5-7-15(26)12-14/h1,3,5-8,10,12H,2,4,9,11,13H2. The minimum atomic E-state index is -0.237. The van der Waals surface area contributed by atoms with Gasteiger partial charge in [0.05, 0.1) is 10.4 Å². The average Bonchev–Trinajstić information content (AvgIpc) is 3.39. The molecule has 1 aliphatic carbocycles. The van der Waals surface area contributed by atoms with Crippen LogP contribution in [-0.4, -0.2) is 19.6 Å². The van der Waals surface area contributed by atoms with E-state index in [1.54, 1.807) is 23.5 Å². The first kappa shape index (κ1) is 20.1. The van der Waals surface area contributed by atoms with Gasteiger partial charge >= 0.3 is 0 Å². The summed E-state index contributed by atoms with van der Waals surface area (Å²) < 4.78 is 15.7. The van der Waals surface area contributed by atoms with E-state index < -0.39 is 0 Å². The number of thioether (sulfide) groups is 1. The van der Waals surface area contributed by atoms with E-state index in [2.05, 4.69) is 10.2 Å². The van der Waals surface area contributed by atoms with Crippen LogP contribution in [0.4, 0.5) is 4.39 Å². The van der Waals surface area contributed by atoms with Crippen molar-refractivity contribution >= 4 is 50.6 Å². The Morgan fingerprint density at radius 1 is 1.06 bits per heavy atom. The van der Waals surface area contributed by atoms with E-state index in [0.29, 0.717) is 10.8 Å². The predicted octanol–water partition coefficient (Wildman–Crippen LogP) is 6.97. The second-order valence-corrected chi connectivity index (χ2v) is 10.3. The second-order valence-electron chi connectivity index (χ2n) is 7.87. The molecule has 3 heterocycles. The molecule has 0 radical (unpaired) electrons. The molecule has 3 aromatic heterocycles.